The zero-order valence-electron chi connectivity index (χ0n) is 16.2. The maximum atomic E-state index is 11.9. The minimum atomic E-state index is -2.44. The SMILES string of the molecule is CS(C)(=O)=Nc1ccc(Nc2nccc(-n3ccc4ccccc43)n2)c([N+](=O)[O-])c1. The number of benzene rings is 2. The van der Waals surface area contributed by atoms with Gasteiger partial charge < -0.3 is 9.88 Å². The van der Waals surface area contributed by atoms with Crippen molar-refractivity contribution in [2.24, 2.45) is 4.36 Å². The summed E-state index contributed by atoms with van der Waals surface area (Å²) in [6, 6.07) is 16.0. The second-order valence-corrected chi connectivity index (χ2v) is 9.38. The molecule has 0 radical (unpaired) electrons. The predicted molar refractivity (Wildman–Crippen MR) is 117 cm³/mol. The molecule has 0 unspecified atom stereocenters. The average Bonchev–Trinajstić information content (AvgIpc) is 3.12. The van der Waals surface area contributed by atoms with E-state index >= 15 is 0 Å². The van der Waals surface area contributed by atoms with Crippen molar-refractivity contribution in [1.29, 1.82) is 0 Å². The lowest BCUT2D eigenvalue weighted by Gasteiger charge is -2.09. The van der Waals surface area contributed by atoms with Gasteiger partial charge in [0.2, 0.25) is 5.95 Å². The first kappa shape index (κ1) is 19.5. The molecule has 0 fully saturated rings. The largest absolute Gasteiger partial charge is 0.318 e. The molecule has 0 aliphatic rings. The maximum Gasteiger partial charge on any atom is 0.294 e. The fourth-order valence-electron chi connectivity index (χ4n) is 3.03. The fourth-order valence-corrected chi connectivity index (χ4v) is 3.66. The molecule has 0 atom stereocenters. The molecular formula is C20H18N6O3S. The second kappa shape index (κ2) is 7.56. The van der Waals surface area contributed by atoms with Crippen molar-refractivity contribution in [3.05, 3.63) is 77.1 Å². The van der Waals surface area contributed by atoms with Crippen molar-refractivity contribution in [2.75, 3.05) is 17.8 Å². The molecule has 0 aliphatic carbocycles. The van der Waals surface area contributed by atoms with Crippen LogP contribution < -0.4 is 5.32 Å². The maximum absolute atomic E-state index is 11.9. The minimum Gasteiger partial charge on any atom is -0.318 e. The van der Waals surface area contributed by atoms with Crippen LogP contribution in [0.1, 0.15) is 0 Å². The Morgan fingerprint density at radius 2 is 1.93 bits per heavy atom. The fraction of sp³-hybridized carbons (Fsp3) is 0.100. The van der Waals surface area contributed by atoms with Gasteiger partial charge in [0.25, 0.3) is 5.69 Å². The number of rotatable bonds is 5. The van der Waals surface area contributed by atoms with Crippen molar-refractivity contribution in [3.63, 3.8) is 0 Å². The molecule has 0 spiro atoms. The number of aromatic nitrogens is 3. The van der Waals surface area contributed by atoms with Crippen molar-refractivity contribution in [1.82, 2.24) is 14.5 Å². The number of nitrogens with one attached hydrogen (secondary N) is 1. The number of nitro benzene ring substituents is 1. The van der Waals surface area contributed by atoms with E-state index in [-0.39, 0.29) is 23.0 Å². The summed E-state index contributed by atoms with van der Waals surface area (Å²) >= 11 is 0. The number of hydrogen-bond donors (Lipinski definition) is 1. The van der Waals surface area contributed by atoms with E-state index in [0.29, 0.717) is 5.82 Å². The number of nitrogens with zero attached hydrogens (tertiary/aromatic N) is 5. The van der Waals surface area contributed by atoms with E-state index in [1.54, 1.807) is 18.3 Å². The number of para-hydroxylation sites is 1. The van der Waals surface area contributed by atoms with Gasteiger partial charge in [-0.15, -0.1) is 0 Å². The molecular weight excluding hydrogens is 404 g/mol. The Balaban J connectivity index is 1.71. The lowest BCUT2D eigenvalue weighted by Crippen LogP contribution is -2.03. The van der Waals surface area contributed by atoms with E-state index in [0.717, 1.165) is 10.9 Å². The Morgan fingerprint density at radius 3 is 2.70 bits per heavy atom. The van der Waals surface area contributed by atoms with Gasteiger partial charge in [0.05, 0.1) is 16.1 Å². The highest BCUT2D eigenvalue weighted by atomic mass is 32.2. The van der Waals surface area contributed by atoms with Crippen LogP contribution in [0.25, 0.3) is 16.7 Å². The normalized spacial score (nSPS) is 11.4. The van der Waals surface area contributed by atoms with Crippen molar-refractivity contribution in [3.8, 4) is 5.82 Å². The Hall–Kier alpha value is -3.79. The summed E-state index contributed by atoms with van der Waals surface area (Å²) < 4.78 is 17.8. The van der Waals surface area contributed by atoms with Crippen LogP contribution in [0.3, 0.4) is 0 Å². The van der Waals surface area contributed by atoms with E-state index < -0.39 is 14.7 Å². The standard InChI is InChI=1S/C20H18N6O3S/c1-30(2,29)24-15-7-8-16(18(13-15)26(27)28)22-20-21-11-9-19(23-20)25-12-10-14-5-3-4-6-17(14)25/h3-13H,1-2H3,(H,21,22,23). The van der Waals surface area contributed by atoms with Crippen LogP contribution in [0.5, 0.6) is 0 Å². The number of fused-ring (bicyclic) bond motifs is 1. The molecule has 1 N–H and O–H groups in total. The third-order valence-corrected chi connectivity index (χ3v) is 4.89. The van der Waals surface area contributed by atoms with Gasteiger partial charge in [0.1, 0.15) is 11.5 Å². The van der Waals surface area contributed by atoms with Gasteiger partial charge in [0.15, 0.2) is 0 Å². The number of nitro groups is 1. The van der Waals surface area contributed by atoms with Gasteiger partial charge in [-0.3, -0.25) is 10.1 Å². The summed E-state index contributed by atoms with van der Waals surface area (Å²) in [7, 11) is -2.44. The summed E-state index contributed by atoms with van der Waals surface area (Å²) in [6.07, 6.45) is 6.42. The third-order valence-electron chi connectivity index (χ3n) is 4.24. The van der Waals surface area contributed by atoms with Gasteiger partial charge in [0, 0.05) is 40.7 Å². The predicted octanol–water partition coefficient (Wildman–Crippen LogP) is 4.43. The first-order valence-electron chi connectivity index (χ1n) is 8.92. The van der Waals surface area contributed by atoms with Crippen LogP contribution in [0.15, 0.2) is 71.4 Å². The summed E-state index contributed by atoms with van der Waals surface area (Å²) in [5.41, 5.74) is 1.27. The number of hydrogen-bond acceptors (Lipinski definition) is 7. The Morgan fingerprint density at radius 1 is 1.13 bits per heavy atom. The van der Waals surface area contributed by atoms with E-state index in [1.165, 1.54) is 24.6 Å². The van der Waals surface area contributed by atoms with E-state index in [4.69, 9.17) is 0 Å². The third kappa shape index (κ3) is 4.13. The van der Waals surface area contributed by atoms with Crippen molar-refractivity contribution < 1.29 is 9.13 Å². The summed E-state index contributed by atoms with van der Waals surface area (Å²) in [4.78, 5) is 19.7. The average molecular weight is 422 g/mol. The van der Waals surface area contributed by atoms with Crippen LogP contribution in [-0.4, -0.2) is 36.2 Å². The highest BCUT2D eigenvalue weighted by Gasteiger charge is 2.16. The molecule has 0 saturated heterocycles. The zero-order valence-corrected chi connectivity index (χ0v) is 17.0. The molecule has 10 heteroatoms. The number of anilines is 2. The van der Waals surface area contributed by atoms with Crippen LogP contribution in [0.4, 0.5) is 23.0 Å². The molecule has 4 aromatic rings. The zero-order chi connectivity index (χ0) is 21.3. The van der Waals surface area contributed by atoms with Gasteiger partial charge >= 0.3 is 0 Å². The Bertz CT molecular complexity index is 1380. The molecule has 2 aromatic carbocycles. The van der Waals surface area contributed by atoms with Crippen LogP contribution >= 0.6 is 0 Å². The van der Waals surface area contributed by atoms with Gasteiger partial charge in [-0.25, -0.2) is 9.19 Å². The van der Waals surface area contributed by atoms with Gasteiger partial charge in [-0.1, -0.05) is 18.2 Å². The molecule has 0 amide bonds. The Labute approximate surface area is 172 Å². The van der Waals surface area contributed by atoms with E-state index in [2.05, 4.69) is 19.6 Å². The summed E-state index contributed by atoms with van der Waals surface area (Å²) in [6.45, 7) is 0. The summed E-state index contributed by atoms with van der Waals surface area (Å²) in [5, 5.41) is 15.5. The first-order chi connectivity index (χ1) is 14.3. The molecule has 2 aromatic heterocycles. The highest BCUT2D eigenvalue weighted by Crippen LogP contribution is 2.31. The Kier molecular flexibility index (Phi) is 4.92. The highest BCUT2D eigenvalue weighted by molar-refractivity contribution is 7.92. The topological polar surface area (TPSA) is 115 Å². The molecule has 0 saturated carbocycles. The quantitative estimate of drug-likeness (QED) is 0.376. The van der Waals surface area contributed by atoms with Crippen molar-refractivity contribution in [2.45, 2.75) is 0 Å². The summed E-state index contributed by atoms with van der Waals surface area (Å²) in [5.74, 6) is 0.840. The molecule has 0 aliphatic heterocycles. The van der Waals surface area contributed by atoms with Crippen LogP contribution in [0, 0.1) is 10.1 Å². The monoisotopic (exact) mass is 422 g/mol. The smallest absolute Gasteiger partial charge is 0.294 e. The van der Waals surface area contributed by atoms with E-state index in [9.17, 15) is 14.3 Å². The lowest BCUT2D eigenvalue weighted by atomic mass is 10.2. The molecule has 9 nitrogen and oxygen atoms in total. The molecule has 2 heterocycles. The van der Waals surface area contributed by atoms with Gasteiger partial charge in [-0.05, 0) is 35.7 Å². The lowest BCUT2D eigenvalue weighted by molar-refractivity contribution is -0.383. The van der Waals surface area contributed by atoms with Crippen LogP contribution in [0.2, 0.25) is 0 Å². The van der Waals surface area contributed by atoms with E-state index in [1.807, 2.05) is 41.1 Å². The molecule has 152 valence electrons. The minimum absolute atomic E-state index is 0.208. The second-order valence-electron chi connectivity index (χ2n) is 6.84. The molecule has 0 bridgehead atoms. The first-order valence-corrected chi connectivity index (χ1v) is 11.3. The van der Waals surface area contributed by atoms with Crippen molar-refractivity contribution >= 4 is 43.6 Å². The molecule has 30 heavy (non-hydrogen) atoms. The van der Waals surface area contributed by atoms with Crippen LogP contribution in [-0.2, 0) is 9.73 Å². The molecule has 4 rings (SSSR count). The van der Waals surface area contributed by atoms with Gasteiger partial charge in [-0.2, -0.15) is 9.35 Å².